The molecular formula is C8H15N3O. The van der Waals surface area contributed by atoms with E-state index in [0.717, 1.165) is 19.5 Å². The average Bonchev–Trinajstić information content (AvgIpc) is 2.16. The molecule has 0 saturated carbocycles. The van der Waals surface area contributed by atoms with Crippen LogP contribution in [0.4, 0.5) is 0 Å². The van der Waals surface area contributed by atoms with Crippen LogP contribution in [0.25, 0.3) is 0 Å². The molecule has 1 amide bonds. The van der Waals surface area contributed by atoms with Crippen molar-refractivity contribution in [1.82, 2.24) is 10.6 Å². The normalized spacial score (nSPS) is 16.9. The molecule has 1 aliphatic rings. The van der Waals surface area contributed by atoms with Gasteiger partial charge in [-0.3, -0.25) is 4.79 Å². The highest BCUT2D eigenvalue weighted by Crippen LogP contribution is 2.01. The number of rotatable bonds is 3. The summed E-state index contributed by atoms with van der Waals surface area (Å²) in [6, 6.07) is 0. The minimum Gasteiger partial charge on any atom is -0.351 e. The Balaban J connectivity index is 2.21. The summed E-state index contributed by atoms with van der Waals surface area (Å²) in [5, 5.41) is 5.94. The van der Waals surface area contributed by atoms with E-state index in [4.69, 9.17) is 5.73 Å². The Morgan fingerprint density at radius 3 is 3.17 bits per heavy atom. The van der Waals surface area contributed by atoms with Gasteiger partial charge in [0.15, 0.2) is 0 Å². The van der Waals surface area contributed by atoms with Gasteiger partial charge >= 0.3 is 0 Å². The second kappa shape index (κ2) is 4.90. The van der Waals surface area contributed by atoms with Crippen LogP contribution in [0.2, 0.25) is 0 Å². The molecule has 1 heterocycles. The number of hydrogen-bond donors (Lipinski definition) is 3. The van der Waals surface area contributed by atoms with Crippen LogP contribution in [0, 0.1) is 0 Å². The molecule has 0 saturated heterocycles. The number of amides is 1. The first-order valence-corrected chi connectivity index (χ1v) is 4.18. The summed E-state index contributed by atoms with van der Waals surface area (Å²) in [5.74, 6) is -0.0885. The minimum atomic E-state index is -0.0885. The van der Waals surface area contributed by atoms with Crippen LogP contribution in [0.1, 0.15) is 6.42 Å². The summed E-state index contributed by atoms with van der Waals surface area (Å²) in [6.45, 7) is 2.64. The molecule has 4 heteroatoms. The molecule has 0 aromatic carbocycles. The zero-order chi connectivity index (χ0) is 8.81. The Kier molecular flexibility index (Phi) is 3.76. The average molecular weight is 169 g/mol. The summed E-state index contributed by atoms with van der Waals surface area (Å²) in [5.41, 5.74) is 6.43. The highest BCUT2D eigenvalue weighted by molar-refractivity contribution is 5.77. The van der Waals surface area contributed by atoms with Crippen molar-refractivity contribution in [2.24, 2.45) is 5.73 Å². The van der Waals surface area contributed by atoms with E-state index >= 15 is 0 Å². The van der Waals surface area contributed by atoms with Crippen molar-refractivity contribution in [2.45, 2.75) is 6.42 Å². The Bertz CT molecular complexity index is 189. The molecule has 0 aromatic rings. The summed E-state index contributed by atoms with van der Waals surface area (Å²) in [4.78, 5) is 10.8. The minimum absolute atomic E-state index is 0.0749. The standard InChI is InChI=1S/C8H15N3O/c9-5-8(12)11-6-7-1-3-10-4-2-7/h1,10H,2-6,9H2,(H,11,12). The molecule has 4 N–H and O–H groups in total. The second-order valence-corrected chi connectivity index (χ2v) is 2.80. The Morgan fingerprint density at radius 2 is 2.58 bits per heavy atom. The lowest BCUT2D eigenvalue weighted by molar-refractivity contribution is -0.119. The van der Waals surface area contributed by atoms with Crippen LogP contribution < -0.4 is 16.4 Å². The molecule has 12 heavy (non-hydrogen) atoms. The van der Waals surface area contributed by atoms with E-state index in [1.807, 2.05) is 0 Å². The van der Waals surface area contributed by atoms with Crippen LogP contribution in [0.3, 0.4) is 0 Å². The summed E-state index contributed by atoms with van der Waals surface area (Å²) >= 11 is 0. The number of carbonyl (C=O) groups excluding carboxylic acids is 1. The first-order valence-electron chi connectivity index (χ1n) is 4.18. The van der Waals surface area contributed by atoms with Gasteiger partial charge in [-0.2, -0.15) is 0 Å². The first-order chi connectivity index (χ1) is 5.83. The third-order valence-electron chi connectivity index (χ3n) is 1.86. The van der Waals surface area contributed by atoms with Gasteiger partial charge in [-0.25, -0.2) is 0 Å². The third-order valence-corrected chi connectivity index (χ3v) is 1.86. The van der Waals surface area contributed by atoms with Gasteiger partial charge in [0.1, 0.15) is 0 Å². The molecule has 0 spiro atoms. The van der Waals surface area contributed by atoms with E-state index in [0.29, 0.717) is 6.54 Å². The van der Waals surface area contributed by atoms with Gasteiger partial charge in [0.05, 0.1) is 6.54 Å². The molecule has 0 aromatic heterocycles. The first kappa shape index (κ1) is 9.22. The van der Waals surface area contributed by atoms with Gasteiger partial charge in [-0.1, -0.05) is 11.6 Å². The maximum Gasteiger partial charge on any atom is 0.233 e. The van der Waals surface area contributed by atoms with E-state index in [1.165, 1.54) is 5.57 Å². The van der Waals surface area contributed by atoms with E-state index in [1.54, 1.807) is 0 Å². The molecule has 1 aliphatic heterocycles. The fourth-order valence-corrected chi connectivity index (χ4v) is 1.11. The molecule has 4 nitrogen and oxygen atoms in total. The Labute approximate surface area is 72.2 Å². The molecule has 1 rings (SSSR count). The topological polar surface area (TPSA) is 67.2 Å². The zero-order valence-electron chi connectivity index (χ0n) is 7.10. The van der Waals surface area contributed by atoms with Crippen molar-refractivity contribution in [1.29, 1.82) is 0 Å². The predicted octanol–water partition coefficient (Wildman–Crippen LogP) is -1.02. The lowest BCUT2D eigenvalue weighted by Gasteiger charge is -2.14. The SMILES string of the molecule is NCC(=O)NCC1=CCNCC1. The van der Waals surface area contributed by atoms with Gasteiger partial charge in [0.2, 0.25) is 5.91 Å². The molecule has 0 aliphatic carbocycles. The lowest BCUT2D eigenvalue weighted by Crippen LogP contribution is -2.33. The molecule has 0 fully saturated rings. The number of nitrogens with one attached hydrogen (secondary N) is 2. The van der Waals surface area contributed by atoms with Gasteiger partial charge in [-0.05, 0) is 13.0 Å². The fraction of sp³-hybridized carbons (Fsp3) is 0.625. The third kappa shape index (κ3) is 3.02. The van der Waals surface area contributed by atoms with Crippen LogP contribution in [0.5, 0.6) is 0 Å². The van der Waals surface area contributed by atoms with E-state index in [-0.39, 0.29) is 12.5 Å². The van der Waals surface area contributed by atoms with Crippen LogP contribution >= 0.6 is 0 Å². The van der Waals surface area contributed by atoms with E-state index < -0.39 is 0 Å². The molecular weight excluding hydrogens is 154 g/mol. The number of hydrogen-bond acceptors (Lipinski definition) is 3. The highest BCUT2D eigenvalue weighted by atomic mass is 16.1. The van der Waals surface area contributed by atoms with Crippen molar-refractivity contribution in [2.75, 3.05) is 26.2 Å². The summed E-state index contributed by atoms with van der Waals surface area (Å²) < 4.78 is 0. The van der Waals surface area contributed by atoms with Crippen molar-refractivity contribution in [3.8, 4) is 0 Å². The Hall–Kier alpha value is -0.870. The van der Waals surface area contributed by atoms with Crippen LogP contribution in [0.15, 0.2) is 11.6 Å². The molecule has 0 radical (unpaired) electrons. The van der Waals surface area contributed by atoms with Crippen molar-refractivity contribution < 1.29 is 4.79 Å². The van der Waals surface area contributed by atoms with Crippen molar-refractivity contribution >= 4 is 5.91 Å². The number of carbonyl (C=O) groups is 1. The highest BCUT2D eigenvalue weighted by Gasteiger charge is 2.03. The van der Waals surface area contributed by atoms with E-state index in [9.17, 15) is 4.79 Å². The second-order valence-electron chi connectivity index (χ2n) is 2.80. The lowest BCUT2D eigenvalue weighted by atomic mass is 10.1. The summed E-state index contributed by atoms with van der Waals surface area (Å²) in [6.07, 6.45) is 3.13. The molecule has 0 atom stereocenters. The predicted molar refractivity (Wildman–Crippen MR) is 47.6 cm³/mol. The molecule has 0 unspecified atom stereocenters. The maximum absolute atomic E-state index is 10.8. The van der Waals surface area contributed by atoms with Gasteiger partial charge < -0.3 is 16.4 Å². The Morgan fingerprint density at radius 1 is 1.75 bits per heavy atom. The van der Waals surface area contributed by atoms with Crippen molar-refractivity contribution in [3.05, 3.63) is 11.6 Å². The molecule has 68 valence electrons. The largest absolute Gasteiger partial charge is 0.351 e. The van der Waals surface area contributed by atoms with Crippen LogP contribution in [-0.2, 0) is 4.79 Å². The fourth-order valence-electron chi connectivity index (χ4n) is 1.11. The quantitative estimate of drug-likeness (QED) is 0.474. The zero-order valence-corrected chi connectivity index (χ0v) is 7.10. The van der Waals surface area contributed by atoms with Gasteiger partial charge in [0.25, 0.3) is 0 Å². The monoisotopic (exact) mass is 169 g/mol. The van der Waals surface area contributed by atoms with Crippen LogP contribution in [-0.4, -0.2) is 32.1 Å². The molecule has 0 bridgehead atoms. The van der Waals surface area contributed by atoms with Gasteiger partial charge in [0, 0.05) is 13.1 Å². The summed E-state index contributed by atoms with van der Waals surface area (Å²) in [7, 11) is 0. The number of nitrogens with two attached hydrogens (primary N) is 1. The van der Waals surface area contributed by atoms with E-state index in [2.05, 4.69) is 16.7 Å². The smallest absolute Gasteiger partial charge is 0.233 e. The van der Waals surface area contributed by atoms with Gasteiger partial charge in [-0.15, -0.1) is 0 Å². The maximum atomic E-state index is 10.8. The van der Waals surface area contributed by atoms with Crippen molar-refractivity contribution in [3.63, 3.8) is 0 Å².